The molecule has 0 unspecified atom stereocenters. The average molecular weight is 344 g/mol. The zero-order valence-electron chi connectivity index (χ0n) is 15.3. The SMILES string of the molecule is Cc1c(CN2Cc3ccnn3CC[C@H]2CN2CCOCC2)cnn1C. The van der Waals surface area contributed by atoms with Crippen LogP contribution < -0.4 is 0 Å². The summed E-state index contributed by atoms with van der Waals surface area (Å²) < 4.78 is 9.65. The highest BCUT2D eigenvalue weighted by atomic mass is 16.5. The summed E-state index contributed by atoms with van der Waals surface area (Å²) >= 11 is 0. The molecule has 7 nitrogen and oxygen atoms in total. The molecule has 2 aromatic rings. The predicted octanol–water partition coefficient (Wildman–Crippen LogP) is 1.03. The van der Waals surface area contributed by atoms with E-state index < -0.39 is 0 Å². The molecule has 25 heavy (non-hydrogen) atoms. The van der Waals surface area contributed by atoms with Gasteiger partial charge in [0.15, 0.2) is 0 Å². The van der Waals surface area contributed by atoms with E-state index in [4.69, 9.17) is 4.74 Å². The van der Waals surface area contributed by atoms with Crippen molar-refractivity contribution in [2.45, 2.75) is 39.0 Å². The molecule has 2 aliphatic rings. The molecule has 1 saturated heterocycles. The summed E-state index contributed by atoms with van der Waals surface area (Å²) in [7, 11) is 2.02. The van der Waals surface area contributed by atoms with Gasteiger partial charge in [-0.05, 0) is 19.4 Å². The average Bonchev–Trinajstić information content (AvgIpc) is 3.16. The van der Waals surface area contributed by atoms with E-state index in [1.54, 1.807) is 0 Å². The molecule has 0 radical (unpaired) electrons. The largest absolute Gasteiger partial charge is 0.379 e. The van der Waals surface area contributed by atoms with Crippen molar-refractivity contribution in [2.75, 3.05) is 32.8 Å². The summed E-state index contributed by atoms with van der Waals surface area (Å²) in [6.07, 6.45) is 5.07. The summed E-state index contributed by atoms with van der Waals surface area (Å²) in [6, 6.07) is 2.68. The lowest BCUT2D eigenvalue weighted by Gasteiger charge is -2.35. The molecule has 0 N–H and O–H groups in total. The van der Waals surface area contributed by atoms with Gasteiger partial charge in [-0.3, -0.25) is 19.2 Å². The lowest BCUT2D eigenvalue weighted by molar-refractivity contribution is 0.0196. The van der Waals surface area contributed by atoms with Crippen molar-refractivity contribution >= 4 is 0 Å². The van der Waals surface area contributed by atoms with E-state index in [-0.39, 0.29) is 0 Å². The molecule has 0 aliphatic carbocycles. The summed E-state index contributed by atoms with van der Waals surface area (Å²) in [6.45, 7) is 9.95. The molecular weight excluding hydrogens is 316 g/mol. The van der Waals surface area contributed by atoms with Crippen molar-refractivity contribution in [1.82, 2.24) is 29.4 Å². The standard InChI is InChI=1S/C18H28N6O/c1-15-16(11-20-21(15)2)12-23-14-18-3-5-19-24(18)6-4-17(23)13-22-7-9-25-10-8-22/h3,5,11,17H,4,6-10,12-14H2,1-2H3/t17-/m0/s1. The van der Waals surface area contributed by atoms with Gasteiger partial charge in [-0.25, -0.2) is 0 Å². The zero-order valence-corrected chi connectivity index (χ0v) is 15.3. The van der Waals surface area contributed by atoms with Gasteiger partial charge < -0.3 is 4.74 Å². The first-order chi connectivity index (χ1) is 12.2. The van der Waals surface area contributed by atoms with Gasteiger partial charge in [0.05, 0.1) is 25.1 Å². The third-order valence-electron chi connectivity index (χ3n) is 5.64. The third-order valence-corrected chi connectivity index (χ3v) is 5.64. The molecule has 1 atom stereocenters. The highest BCUT2D eigenvalue weighted by Crippen LogP contribution is 2.22. The topological polar surface area (TPSA) is 51.4 Å². The first-order valence-electron chi connectivity index (χ1n) is 9.23. The molecule has 1 fully saturated rings. The second-order valence-corrected chi connectivity index (χ2v) is 7.18. The Labute approximate surface area is 149 Å². The van der Waals surface area contributed by atoms with E-state index in [9.17, 15) is 0 Å². The lowest BCUT2D eigenvalue weighted by Crippen LogP contribution is -2.46. The highest BCUT2D eigenvalue weighted by Gasteiger charge is 2.27. The second kappa shape index (κ2) is 7.27. The second-order valence-electron chi connectivity index (χ2n) is 7.18. The summed E-state index contributed by atoms with van der Waals surface area (Å²) in [4.78, 5) is 5.16. The number of nitrogens with zero attached hydrogens (tertiary/aromatic N) is 6. The summed E-state index contributed by atoms with van der Waals surface area (Å²) in [5, 5.41) is 8.93. The summed E-state index contributed by atoms with van der Waals surface area (Å²) in [5.74, 6) is 0. The number of morpholine rings is 1. The van der Waals surface area contributed by atoms with Crippen molar-refractivity contribution in [3.05, 3.63) is 35.4 Å². The van der Waals surface area contributed by atoms with Crippen molar-refractivity contribution in [1.29, 1.82) is 0 Å². The Balaban J connectivity index is 1.53. The monoisotopic (exact) mass is 344 g/mol. The number of ether oxygens (including phenoxy) is 1. The maximum absolute atomic E-state index is 5.51. The van der Waals surface area contributed by atoms with E-state index in [0.717, 1.165) is 58.9 Å². The van der Waals surface area contributed by atoms with Crippen LogP contribution in [-0.4, -0.2) is 68.3 Å². The van der Waals surface area contributed by atoms with Crippen LogP contribution in [0.25, 0.3) is 0 Å². The first-order valence-corrected chi connectivity index (χ1v) is 9.23. The molecule has 0 bridgehead atoms. The Hall–Kier alpha value is -1.70. The van der Waals surface area contributed by atoms with Crippen molar-refractivity contribution in [3.8, 4) is 0 Å². The van der Waals surface area contributed by atoms with Gasteiger partial charge in [0.1, 0.15) is 0 Å². The van der Waals surface area contributed by atoms with Crippen LogP contribution in [0.1, 0.15) is 23.4 Å². The van der Waals surface area contributed by atoms with E-state index in [1.165, 1.54) is 17.0 Å². The number of aromatic nitrogens is 4. The molecule has 0 saturated carbocycles. The Morgan fingerprint density at radius 1 is 1.20 bits per heavy atom. The maximum Gasteiger partial charge on any atom is 0.0594 e. The molecule has 0 amide bonds. The molecular formula is C18H28N6O. The number of fused-ring (bicyclic) bond motifs is 1. The third kappa shape index (κ3) is 3.63. The van der Waals surface area contributed by atoms with E-state index in [0.29, 0.717) is 6.04 Å². The van der Waals surface area contributed by atoms with Crippen LogP contribution in [0, 0.1) is 6.92 Å². The van der Waals surface area contributed by atoms with Crippen LogP contribution in [-0.2, 0) is 31.4 Å². The number of aryl methyl sites for hydroxylation is 2. The fraction of sp³-hybridized carbons (Fsp3) is 0.667. The molecule has 2 aliphatic heterocycles. The molecule has 2 aromatic heterocycles. The van der Waals surface area contributed by atoms with Gasteiger partial charge in [-0.1, -0.05) is 0 Å². The normalized spacial score (nSPS) is 22.7. The van der Waals surface area contributed by atoms with E-state index >= 15 is 0 Å². The van der Waals surface area contributed by atoms with Crippen LogP contribution in [0.15, 0.2) is 18.5 Å². The van der Waals surface area contributed by atoms with Crippen molar-refractivity contribution < 1.29 is 4.74 Å². The number of hydrogen-bond donors (Lipinski definition) is 0. The Morgan fingerprint density at radius 2 is 2.04 bits per heavy atom. The quantitative estimate of drug-likeness (QED) is 0.829. The minimum Gasteiger partial charge on any atom is -0.379 e. The highest BCUT2D eigenvalue weighted by molar-refractivity contribution is 5.16. The fourth-order valence-corrected chi connectivity index (χ4v) is 3.88. The Bertz CT molecular complexity index is 702. The van der Waals surface area contributed by atoms with Gasteiger partial charge in [0.25, 0.3) is 0 Å². The van der Waals surface area contributed by atoms with Crippen LogP contribution in [0.3, 0.4) is 0 Å². The Morgan fingerprint density at radius 3 is 2.80 bits per heavy atom. The minimum absolute atomic E-state index is 0.527. The molecule has 0 aromatic carbocycles. The van der Waals surface area contributed by atoms with Gasteiger partial charge >= 0.3 is 0 Å². The van der Waals surface area contributed by atoms with Crippen LogP contribution in [0.2, 0.25) is 0 Å². The first kappa shape index (κ1) is 16.8. The van der Waals surface area contributed by atoms with Gasteiger partial charge in [0.2, 0.25) is 0 Å². The van der Waals surface area contributed by atoms with Gasteiger partial charge in [-0.2, -0.15) is 10.2 Å². The molecule has 0 spiro atoms. The van der Waals surface area contributed by atoms with E-state index in [2.05, 4.69) is 37.7 Å². The lowest BCUT2D eigenvalue weighted by atomic mass is 10.1. The molecule has 4 heterocycles. The minimum atomic E-state index is 0.527. The molecule has 136 valence electrons. The number of hydrogen-bond acceptors (Lipinski definition) is 5. The van der Waals surface area contributed by atoms with Crippen LogP contribution in [0.4, 0.5) is 0 Å². The number of rotatable bonds is 4. The van der Waals surface area contributed by atoms with Gasteiger partial charge in [-0.15, -0.1) is 0 Å². The predicted molar refractivity (Wildman–Crippen MR) is 95.1 cm³/mol. The maximum atomic E-state index is 5.51. The molecule has 7 heteroatoms. The summed E-state index contributed by atoms with van der Waals surface area (Å²) in [5.41, 5.74) is 3.89. The van der Waals surface area contributed by atoms with Crippen molar-refractivity contribution in [2.24, 2.45) is 7.05 Å². The fourth-order valence-electron chi connectivity index (χ4n) is 3.88. The zero-order chi connectivity index (χ0) is 17.2. The molecule has 4 rings (SSSR count). The Kier molecular flexibility index (Phi) is 4.87. The smallest absolute Gasteiger partial charge is 0.0594 e. The van der Waals surface area contributed by atoms with E-state index in [1.807, 2.05) is 24.1 Å². The van der Waals surface area contributed by atoms with Crippen LogP contribution >= 0.6 is 0 Å². The van der Waals surface area contributed by atoms with Gasteiger partial charge in [0, 0.05) is 69.8 Å². The van der Waals surface area contributed by atoms with Crippen LogP contribution in [0.5, 0.6) is 0 Å². The van der Waals surface area contributed by atoms with Crippen molar-refractivity contribution in [3.63, 3.8) is 0 Å².